The number of aromatic amines is 1. The van der Waals surface area contributed by atoms with Crippen LogP contribution in [0.5, 0.6) is 0 Å². The maximum Gasteiger partial charge on any atom is 0.416 e. The third-order valence-electron chi connectivity index (χ3n) is 7.80. The fraction of sp³-hybridized carbons (Fsp3) is 0.448. The minimum Gasteiger partial charge on any atom is -0.361 e. The molecule has 1 saturated carbocycles. The first-order valence-electron chi connectivity index (χ1n) is 13.1. The van der Waals surface area contributed by atoms with Gasteiger partial charge in [0.1, 0.15) is 0 Å². The van der Waals surface area contributed by atoms with Gasteiger partial charge in [0, 0.05) is 31.0 Å². The van der Waals surface area contributed by atoms with Gasteiger partial charge in [0.25, 0.3) is 0 Å². The summed E-state index contributed by atoms with van der Waals surface area (Å²) in [7, 11) is 0. The van der Waals surface area contributed by atoms with Gasteiger partial charge in [0.15, 0.2) is 0 Å². The van der Waals surface area contributed by atoms with Gasteiger partial charge in [-0.3, -0.25) is 4.79 Å². The molecule has 37 heavy (non-hydrogen) atoms. The van der Waals surface area contributed by atoms with E-state index in [0.717, 1.165) is 47.8 Å². The molecule has 1 amide bonds. The van der Waals surface area contributed by atoms with Crippen LogP contribution < -0.4 is 4.90 Å². The molecule has 0 bridgehead atoms. The van der Waals surface area contributed by atoms with Crippen molar-refractivity contribution in [2.75, 3.05) is 11.4 Å². The highest BCUT2D eigenvalue weighted by molar-refractivity contribution is 5.79. The molecule has 3 aromatic rings. The molecule has 0 unspecified atom stereocenters. The molecule has 0 spiro atoms. The average Bonchev–Trinajstić information content (AvgIpc) is 3.57. The number of nitrogens with zero attached hydrogens (tertiary/aromatic N) is 3. The smallest absolute Gasteiger partial charge is 0.361 e. The molecule has 1 fully saturated rings. The summed E-state index contributed by atoms with van der Waals surface area (Å²) >= 11 is 0. The zero-order valence-electron chi connectivity index (χ0n) is 20.9. The number of hydrogen-bond donors (Lipinski definition) is 1. The predicted octanol–water partition coefficient (Wildman–Crippen LogP) is 6.36. The van der Waals surface area contributed by atoms with Crippen molar-refractivity contribution >= 4 is 11.6 Å². The molecule has 2 aliphatic rings. The van der Waals surface area contributed by atoms with Crippen molar-refractivity contribution in [2.45, 2.75) is 70.3 Å². The number of carbonyl (C=O) groups is 1. The normalized spacial score (nSPS) is 18.6. The number of anilines is 1. The van der Waals surface area contributed by atoms with Crippen molar-refractivity contribution < 1.29 is 18.0 Å². The van der Waals surface area contributed by atoms with Crippen LogP contribution >= 0.6 is 0 Å². The number of halogens is 3. The van der Waals surface area contributed by atoms with Crippen LogP contribution in [0.15, 0.2) is 61.1 Å². The lowest BCUT2D eigenvalue weighted by Crippen LogP contribution is -2.44. The van der Waals surface area contributed by atoms with Gasteiger partial charge in [-0.15, -0.1) is 0 Å². The van der Waals surface area contributed by atoms with Gasteiger partial charge in [0.2, 0.25) is 5.91 Å². The van der Waals surface area contributed by atoms with Crippen LogP contribution in [0.1, 0.15) is 60.9 Å². The van der Waals surface area contributed by atoms with Crippen molar-refractivity contribution in [1.82, 2.24) is 14.9 Å². The summed E-state index contributed by atoms with van der Waals surface area (Å²) in [6.07, 6.45) is 6.49. The molecule has 2 heterocycles. The Balaban J connectivity index is 1.39. The van der Waals surface area contributed by atoms with Crippen LogP contribution in [0, 0.1) is 5.92 Å². The van der Waals surface area contributed by atoms with Gasteiger partial charge in [-0.1, -0.05) is 56.0 Å². The van der Waals surface area contributed by atoms with E-state index in [9.17, 15) is 18.0 Å². The molecular weight excluding hydrogens is 477 g/mol. The number of rotatable bonds is 7. The minimum absolute atomic E-state index is 0.0659. The number of fused-ring (bicyclic) bond motifs is 1. The predicted molar refractivity (Wildman–Crippen MR) is 137 cm³/mol. The number of H-pyrrole nitrogens is 1. The highest BCUT2D eigenvalue weighted by Gasteiger charge is 2.32. The number of para-hydroxylation sites is 1. The third-order valence-corrected chi connectivity index (χ3v) is 7.80. The molecule has 196 valence electrons. The Kier molecular flexibility index (Phi) is 7.53. The monoisotopic (exact) mass is 510 g/mol. The summed E-state index contributed by atoms with van der Waals surface area (Å²) in [4.78, 5) is 25.2. The van der Waals surface area contributed by atoms with Crippen molar-refractivity contribution in [3.05, 3.63) is 83.4 Å². The second kappa shape index (κ2) is 11.0. The lowest BCUT2D eigenvalue weighted by Gasteiger charge is -2.34. The Morgan fingerprint density at radius 1 is 1.03 bits per heavy atom. The van der Waals surface area contributed by atoms with Gasteiger partial charge >= 0.3 is 6.18 Å². The zero-order valence-corrected chi connectivity index (χ0v) is 20.9. The van der Waals surface area contributed by atoms with E-state index in [-0.39, 0.29) is 18.4 Å². The van der Waals surface area contributed by atoms with Crippen molar-refractivity contribution in [1.29, 1.82) is 0 Å². The highest BCUT2D eigenvalue weighted by Crippen LogP contribution is 2.35. The highest BCUT2D eigenvalue weighted by atomic mass is 19.4. The number of aromatic nitrogens is 2. The number of carbonyl (C=O) groups excluding carboxylic acids is 1. The molecule has 1 aliphatic heterocycles. The maximum absolute atomic E-state index is 13.5. The third kappa shape index (κ3) is 6.17. The number of nitrogens with one attached hydrogen (secondary N) is 1. The van der Waals surface area contributed by atoms with Gasteiger partial charge in [-0.25, -0.2) is 4.98 Å². The molecule has 0 radical (unpaired) electrons. The summed E-state index contributed by atoms with van der Waals surface area (Å²) < 4.78 is 38.9. The maximum atomic E-state index is 13.5. The first-order valence-corrected chi connectivity index (χ1v) is 13.1. The first-order chi connectivity index (χ1) is 17.9. The minimum atomic E-state index is -4.39. The molecule has 8 heteroatoms. The molecular formula is C29H33F3N4O. The number of imidazole rings is 1. The van der Waals surface area contributed by atoms with Crippen LogP contribution in [0.25, 0.3) is 0 Å². The van der Waals surface area contributed by atoms with E-state index in [0.29, 0.717) is 25.2 Å². The Labute approximate surface area is 215 Å². The second-order valence-electron chi connectivity index (χ2n) is 10.4. The topological polar surface area (TPSA) is 52.2 Å². The SMILES string of the molecule is O=C(Cc1ccc(C(F)(F)F)cc1)N1Cc2ccccc2N(Cc2cnc[nH]2)[C@H](CCC2CCCC2)C1. The van der Waals surface area contributed by atoms with E-state index in [1.54, 1.807) is 6.33 Å². The van der Waals surface area contributed by atoms with Crippen LogP contribution in [-0.4, -0.2) is 33.4 Å². The van der Waals surface area contributed by atoms with Gasteiger partial charge in [-0.2, -0.15) is 13.2 Å². The summed E-state index contributed by atoms with van der Waals surface area (Å²) in [5.41, 5.74) is 3.11. The summed E-state index contributed by atoms with van der Waals surface area (Å²) in [6.45, 7) is 1.73. The molecule has 1 atom stereocenters. The standard InChI is InChI=1S/C29H33F3N4O/c30-29(31,32)24-12-9-22(10-13-24)15-28(37)35-17-23-7-3-4-8-27(23)36(18-25-16-33-20-34-25)26(19-35)14-11-21-5-1-2-6-21/h3-4,7-10,12-13,16,20-21,26H,1-2,5-6,11,14-15,17-19H2,(H,33,34)/t26-/m1/s1. The molecule has 1 aromatic heterocycles. The Bertz CT molecular complexity index is 1170. The number of hydrogen-bond acceptors (Lipinski definition) is 3. The lowest BCUT2D eigenvalue weighted by molar-refractivity contribution is -0.137. The Morgan fingerprint density at radius 3 is 2.49 bits per heavy atom. The van der Waals surface area contributed by atoms with Crippen LogP contribution in [-0.2, 0) is 30.5 Å². The number of alkyl halides is 3. The number of benzene rings is 2. The lowest BCUT2D eigenvalue weighted by atomic mass is 9.97. The van der Waals surface area contributed by atoms with Gasteiger partial charge in [0.05, 0.1) is 30.6 Å². The summed E-state index contributed by atoms with van der Waals surface area (Å²) in [6, 6.07) is 13.3. The molecule has 2 aromatic carbocycles. The fourth-order valence-electron chi connectivity index (χ4n) is 5.78. The summed E-state index contributed by atoms with van der Waals surface area (Å²) in [5.74, 6) is 0.674. The van der Waals surface area contributed by atoms with Crippen molar-refractivity contribution in [3.8, 4) is 0 Å². The Morgan fingerprint density at radius 2 is 1.78 bits per heavy atom. The first kappa shape index (κ1) is 25.4. The number of amides is 1. The molecule has 5 rings (SSSR count). The van der Waals surface area contributed by atoms with Crippen molar-refractivity contribution in [3.63, 3.8) is 0 Å². The zero-order chi connectivity index (χ0) is 25.8. The van der Waals surface area contributed by atoms with Crippen molar-refractivity contribution in [2.24, 2.45) is 5.92 Å². The van der Waals surface area contributed by atoms with E-state index in [1.165, 1.54) is 37.8 Å². The van der Waals surface area contributed by atoms with E-state index in [2.05, 4.69) is 27.0 Å². The summed E-state index contributed by atoms with van der Waals surface area (Å²) in [5, 5.41) is 0. The Hall–Kier alpha value is -3.29. The van der Waals surface area contributed by atoms with Crippen LogP contribution in [0.3, 0.4) is 0 Å². The molecule has 1 N–H and O–H groups in total. The van der Waals surface area contributed by atoms with E-state index >= 15 is 0 Å². The van der Waals surface area contributed by atoms with Gasteiger partial charge in [-0.05, 0) is 48.1 Å². The van der Waals surface area contributed by atoms with Gasteiger partial charge < -0.3 is 14.8 Å². The second-order valence-corrected chi connectivity index (χ2v) is 10.4. The fourth-order valence-corrected chi connectivity index (χ4v) is 5.78. The van der Waals surface area contributed by atoms with E-state index in [4.69, 9.17) is 0 Å². The molecule has 5 nitrogen and oxygen atoms in total. The molecule has 0 saturated heterocycles. The molecule has 1 aliphatic carbocycles. The van der Waals surface area contributed by atoms with E-state index in [1.807, 2.05) is 23.2 Å². The van der Waals surface area contributed by atoms with E-state index < -0.39 is 11.7 Å². The average molecular weight is 511 g/mol. The van der Waals surface area contributed by atoms with Crippen LogP contribution in [0.2, 0.25) is 0 Å². The quantitative estimate of drug-likeness (QED) is 0.403. The van der Waals surface area contributed by atoms with Crippen LogP contribution in [0.4, 0.5) is 18.9 Å². The largest absolute Gasteiger partial charge is 0.416 e.